The van der Waals surface area contributed by atoms with Gasteiger partial charge in [0.15, 0.2) is 5.82 Å². The zero-order valence-corrected chi connectivity index (χ0v) is 10.2. The lowest BCUT2D eigenvalue weighted by Gasteiger charge is -2.10. The summed E-state index contributed by atoms with van der Waals surface area (Å²) in [5.74, 6) is 0.633. The van der Waals surface area contributed by atoms with E-state index in [0.717, 1.165) is 5.56 Å². The molecule has 0 atom stereocenters. The van der Waals surface area contributed by atoms with Gasteiger partial charge < -0.3 is 15.8 Å². The van der Waals surface area contributed by atoms with Crippen molar-refractivity contribution < 1.29 is 13.5 Å². The first-order valence-corrected chi connectivity index (χ1v) is 5.59. The van der Waals surface area contributed by atoms with Crippen LogP contribution < -0.4 is 15.8 Å². The Balaban J connectivity index is 2.13. The van der Waals surface area contributed by atoms with Crippen molar-refractivity contribution in [2.45, 2.75) is 13.5 Å². The van der Waals surface area contributed by atoms with E-state index in [9.17, 15) is 8.78 Å². The first kappa shape index (κ1) is 13.1. The molecule has 0 aliphatic rings. The second kappa shape index (κ2) is 5.51. The summed E-state index contributed by atoms with van der Waals surface area (Å²) in [4.78, 5) is 4.12. The van der Waals surface area contributed by atoms with Crippen LogP contribution in [0.3, 0.4) is 0 Å². The summed E-state index contributed by atoms with van der Waals surface area (Å²) in [6, 6.07) is 7.92. The number of anilines is 3. The normalized spacial score (nSPS) is 10.5. The minimum absolute atomic E-state index is 0.103. The third-order valence-corrected chi connectivity index (χ3v) is 2.55. The predicted octanol–water partition coefficient (Wildman–Crippen LogP) is 3.32. The van der Waals surface area contributed by atoms with Crippen molar-refractivity contribution in [3.05, 3.63) is 42.1 Å². The number of rotatable bonds is 4. The number of pyridine rings is 1. The molecule has 0 saturated carbocycles. The van der Waals surface area contributed by atoms with Crippen molar-refractivity contribution in [2.75, 3.05) is 11.1 Å². The molecule has 1 heterocycles. The van der Waals surface area contributed by atoms with Gasteiger partial charge in [0.2, 0.25) is 0 Å². The van der Waals surface area contributed by atoms with Gasteiger partial charge in [-0.15, -0.1) is 0 Å². The summed E-state index contributed by atoms with van der Waals surface area (Å²) in [6.07, 6.45) is 1.64. The van der Waals surface area contributed by atoms with Crippen molar-refractivity contribution in [3.8, 4) is 5.75 Å². The highest BCUT2D eigenvalue weighted by Crippen LogP contribution is 2.24. The van der Waals surface area contributed by atoms with Crippen LogP contribution in [-0.4, -0.2) is 11.6 Å². The maximum absolute atomic E-state index is 12.0. The van der Waals surface area contributed by atoms with Gasteiger partial charge in [0.05, 0.1) is 5.69 Å². The van der Waals surface area contributed by atoms with Crippen LogP contribution in [0.1, 0.15) is 5.56 Å². The molecule has 2 aromatic rings. The molecule has 6 heteroatoms. The number of benzene rings is 1. The van der Waals surface area contributed by atoms with Gasteiger partial charge in [-0.25, -0.2) is 4.98 Å². The van der Waals surface area contributed by atoms with Gasteiger partial charge in [-0.05, 0) is 42.8 Å². The van der Waals surface area contributed by atoms with Crippen molar-refractivity contribution >= 4 is 17.2 Å². The van der Waals surface area contributed by atoms with E-state index in [1.54, 1.807) is 24.4 Å². The molecule has 4 nitrogen and oxygen atoms in total. The molecular weight excluding hydrogens is 252 g/mol. The first-order chi connectivity index (χ1) is 9.06. The standard InChI is InChI=1S/C13H13F2N3O/c1-8-6-7-17-12(11(8)16)18-9-2-4-10(5-3-9)19-13(14)15/h2-7,13H,16H2,1H3,(H,17,18). The molecule has 3 N–H and O–H groups in total. The smallest absolute Gasteiger partial charge is 0.387 e. The topological polar surface area (TPSA) is 60.2 Å². The molecule has 0 aliphatic carbocycles. The minimum atomic E-state index is -2.83. The Morgan fingerprint density at radius 3 is 2.53 bits per heavy atom. The Morgan fingerprint density at radius 2 is 1.89 bits per heavy atom. The Bertz CT molecular complexity index is 558. The highest BCUT2D eigenvalue weighted by Gasteiger charge is 2.06. The zero-order valence-electron chi connectivity index (χ0n) is 10.2. The fourth-order valence-corrected chi connectivity index (χ4v) is 1.53. The van der Waals surface area contributed by atoms with E-state index < -0.39 is 6.61 Å². The first-order valence-electron chi connectivity index (χ1n) is 5.59. The maximum Gasteiger partial charge on any atom is 0.387 e. The monoisotopic (exact) mass is 265 g/mol. The van der Waals surface area contributed by atoms with E-state index in [1.165, 1.54) is 12.1 Å². The van der Waals surface area contributed by atoms with Gasteiger partial charge >= 0.3 is 6.61 Å². The number of nitrogens with zero attached hydrogens (tertiary/aromatic N) is 1. The Morgan fingerprint density at radius 1 is 1.21 bits per heavy atom. The quantitative estimate of drug-likeness (QED) is 0.890. The van der Waals surface area contributed by atoms with E-state index in [0.29, 0.717) is 17.2 Å². The highest BCUT2D eigenvalue weighted by molar-refractivity contribution is 5.71. The summed E-state index contributed by atoms with van der Waals surface area (Å²) in [6.45, 7) is -0.949. The second-order valence-electron chi connectivity index (χ2n) is 3.92. The average molecular weight is 265 g/mol. The molecule has 0 aliphatic heterocycles. The Hall–Kier alpha value is -2.37. The molecule has 0 unspecified atom stereocenters. The number of alkyl halides is 2. The number of aromatic nitrogens is 1. The summed E-state index contributed by atoms with van der Waals surface area (Å²) >= 11 is 0. The van der Waals surface area contributed by atoms with Crippen LogP contribution in [0, 0.1) is 6.92 Å². The van der Waals surface area contributed by atoms with Gasteiger partial charge in [0.25, 0.3) is 0 Å². The van der Waals surface area contributed by atoms with Crippen molar-refractivity contribution in [1.29, 1.82) is 0 Å². The maximum atomic E-state index is 12.0. The number of hydrogen-bond donors (Lipinski definition) is 2. The molecule has 0 radical (unpaired) electrons. The fraction of sp³-hybridized carbons (Fsp3) is 0.154. The van der Waals surface area contributed by atoms with E-state index in [2.05, 4.69) is 15.0 Å². The number of nitrogen functional groups attached to an aromatic ring is 1. The zero-order chi connectivity index (χ0) is 13.8. The summed E-state index contributed by atoms with van der Waals surface area (Å²) < 4.78 is 28.3. The van der Waals surface area contributed by atoms with E-state index in [1.807, 2.05) is 6.92 Å². The molecule has 1 aromatic heterocycles. The molecule has 2 rings (SSSR count). The lowest BCUT2D eigenvalue weighted by Crippen LogP contribution is -2.02. The molecule has 0 spiro atoms. The molecule has 0 saturated heterocycles. The molecule has 100 valence electrons. The van der Waals surface area contributed by atoms with Crippen LogP contribution in [0.2, 0.25) is 0 Å². The van der Waals surface area contributed by atoms with Gasteiger partial charge in [0.1, 0.15) is 5.75 Å². The van der Waals surface area contributed by atoms with Crippen LogP contribution in [0.4, 0.5) is 26.0 Å². The van der Waals surface area contributed by atoms with E-state index >= 15 is 0 Å². The van der Waals surface area contributed by atoms with Gasteiger partial charge in [-0.1, -0.05) is 0 Å². The van der Waals surface area contributed by atoms with E-state index in [-0.39, 0.29) is 5.75 Å². The molecule has 0 amide bonds. The van der Waals surface area contributed by atoms with E-state index in [4.69, 9.17) is 5.73 Å². The largest absolute Gasteiger partial charge is 0.435 e. The number of aryl methyl sites for hydroxylation is 1. The molecule has 19 heavy (non-hydrogen) atoms. The van der Waals surface area contributed by atoms with Crippen LogP contribution >= 0.6 is 0 Å². The SMILES string of the molecule is Cc1ccnc(Nc2ccc(OC(F)F)cc2)c1N. The van der Waals surface area contributed by atoms with Crippen molar-refractivity contribution in [3.63, 3.8) is 0 Å². The Labute approximate surface area is 109 Å². The molecule has 0 fully saturated rings. The lowest BCUT2D eigenvalue weighted by molar-refractivity contribution is -0.0498. The number of ether oxygens (including phenoxy) is 1. The summed E-state index contributed by atoms with van der Waals surface area (Å²) in [5.41, 5.74) is 8.03. The van der Waals surface area contributed by atoms with Crippen molar-refractivity contribution in [1.82, 2.24) is 4.98 Å². The van der Waals surface area contributed by atoms with Crippen LogP contribution in [0.25, 0.3) is 0 Å². The minimum Gasteiger partial charge on any atom is -0.435 e. The number of nitrogens with one attached hydrogen (secondary N) is 1. The average Bonchev–Trinajstić information content (AvgIpc) is 2.37. The van der Waals surface area contributed by atoms with Crippen LogP contribution in [0.15, 0.2) is 36.5 Å². The number of nitrogens with two attached hydrogens (primary N) is 1. The van der Waals surface area contributed by atoms with Gasteiger partial charge in [-0.2, -0.15) is 8.78 Å². The van der Waals surface area contributed by atoms with Gasteiger partial charge in [-0.3, -0.25) is 0 Å². The fourth-order valence-electron chi connectivity index (χ4n) is 1.53. The lowest BCUT2D eigenvalue weighted by atomic mass is 10.2. The van der Waals surface area contributed by atoms with Crippen molar-refractivity contribution in [2.24, 2.45) is 0 Å². The second-order valence-corrected chi connectivity index (χ2v) is 3.92. The van der Waals surface area contributed by atoms with Crippen LogP contribution in [0.5, 0.6) is 5.75 Å². The molecular formula is C13H13F2N3O. The number of hydrogen-bond acceptors (Lipinski definition) is 4. The number of halogens is 2. The summed E-state index contributed by atoms with van der Waals surface area (Å²) in [5, 5.41) is 3.01. The van der Waals surface area contributed by atoms with Crippen LogP contribution in [-0.2, 0) is 0 Å². The van der Waals surface area contributed by atoms with Gasteiger partial charge in [0, 0.05) is 11.9 Å². The third kappa shape index (κ3) is 3.31. The predicted molar refractivity (Wildman–Crippen MR) is 69.7 cm³/mol. The summed E-state index contributed by atoms with van der Waals surface area (Å²) in [7, 11) is 0. The highest BCUT2D eigenvalue weighted by atomic mass is 19.3. The Kier molecular flexibility index (Phi) is 3.79. The third-order valence-electron chi connectivity index (χ3n) is 2.55. The molecule has 0 bridgehead atoms. The molecule has 1 aromatic carbocycles.